The summed E-state index contributed by atoms with van der Waals surface area (Å²) in [7, 11) is 0. The summed E-state index contributed by atoms with van der Waals surface area (Å²) >= 11 is 0. The summed E-state index contributed by atoms with van der Waals surface area (Å²) in [5.74, 6) is 1.58. The van der Waals surface area contributed by atoms with Gasteiger partial charge in [-0.2, -0.15) is 0 Å². The van der Waals surface area contributed by atoms with Crippen LogP contribution in [0, 0.1) is 6.92 Å². The minimum absolute atomic E-state index is 0.111. The van der Waals surface area contributed by atoms with Crippen molar-refractivity contribution in [2.75, 3.05) is 31.5 Å². The van der Waals surface area contributed by atoms with Gasteiger partial charge in [-0.05, 0) is 70.4 Å². The second kappa shape index (κ2) is 9.54. The number of anilines is 2. The first kappa shape index (κ1) is 22.5. The monoisotopic (exact) mass is 459 g/mol. The molecule has 1 N–H and O–H groups in total. The maximum Gasteiger partial charge on any atom is 0.253 e. The highest BCUT2D eigenvalue weighted by Crippen LogP contribution is 2.28. The van der Waals surface area contributed by atoms with Crippen LogP contribution >= 0.6 is 0 Å². The molecule has 1 saturated heterocycles. The van der Waals surface area contributed by atoms with Crippen molar-refractivity contribution in [2.24, 2.45) is 0 Å². The van der Waals surface area contributed by atoms with Crippen molar-refractivity contribution >= 4 is 17.5 Å². The Morgan fingerprint density at radius 3 is 2.56 bits per heavy atom. The highest BCUT2D eigenvalue weighted by molar-refractivity contribution is 5.94. The fourth-order valence-corrected chi connectivity index (χ4v) is 4.81. The van der Waals surface area contributed by atoms with Gasteiger partial charge in [-0.3, -0.25) is 9.69 Å². The summed E-state index contributed by atoms with van der Waals surface area (Å²) in [5, 5.41) is 3.27. The molecule has 8 nitrogen and oxygen atoms in total. The maximum atomic E-state index is 13.1. The molecule has 1 aliphatic heterocycles. The molecule has 1 aliphatic carbocycles. The Bertz CT molecular complexity index is 1150. The molecule has 2 aromatic heterocycles. The maximum absolute atomic E-state index is 13.1. The van der Waals surface area contributed by atoms with E-state index in [-0.39, 0.29) is 11.9 Å². The topological polar surface area (TPSA) is 79.2 Å². The van der Waals surface area contributed by atoms with Crippen LogP contribution in [0.25, 0.3) is 11.4 Å². The van der Waals surface area contributed by atoms with Gasteiger partial charge >= 0.3 is 0 Å². The van der Waals surface area contributed by atoms with Crippen LogP contribution in [0.15, 0.2) is 42.7 Å². The Morgan fingerprint density at radius 1 is 1.03 bits per heavy atom. The quantitative estimate of drug-likeness (QED) is 0.593. The number of aromatic nitrogens is 4. The Balaban J connectivity index is 1.26. The summed E-state index contributed by atoms with van der Waals surface area (Å²) in [6.45, 7) is 10.00. The number of amides is 1. The van der Waals surface area contributed by atoms with E-state index < -0.39 is 0 Å². The molecule has 34 heavy (non-hydrogen) atoms. The second-order valence-electron chi connectivity index (χ2n) is 9.54. The SMILES string of the molecule is Cc1ncc(-c2ccnc(Nc3ccc(C(=O)N4CCCN(C5CC5)CC4)cc3)n2)n1C(C)C. The minimum Gasteiger partial charge on any atom is -0.337 e. The molecule has 0 radical (unpaired) electrons. The summed E-state index contributed by atoms with van der Waals surface area (Å²) in [5.41, 5.74) is 3.35. The third-order valence-corrected chi connectivity index (χ3v) is 6.69. The predicted octanol–water partition coefficient (Wildman–Crippen LogP) is 4.28. The van der Waals surface area contributed by atoms with Crippen LogP contribution in [0.1, 0.15) is 55.3 Å². The highest BCUT2D eigenvalue weighted by Gasteiger charge is 2.31. The number of benzene rings is 1. The molecule has 8 heteroatoms. The van der Waals surface area contributed by atoms with Crippen molar-refractivity contribution in [3.8, 4) is 11.4 Å². The van der Waals surface area contributed by atoms with Crippen molar-refractivity contribution in [3.05, 3.63) is 54.1 Å². The normalized spacial score (nSPS) is 17.1. The van der Waals surface area contributed by atoms with Gasteiger partial charge in [-0.1, -0.05) is 0 Å². The van der Waals surface area contributed by atoms with Crippen molar-refractivity contribution in [2.45, 2.75) is 52.1 Å². The molecule has 5 rings (SSSR count). The van der Waals surface area contributed by atoms with Gasteiger partial charge in [0.25, 0.3) is 5.91 Å². The molecular formula is C26H33N7O. The first-order valence-electron chi connectivity index (χ1n) is 12.3. The zero-order chi connectivity index (χ0) is 23.7. The summed E-state index contributed by atoms with van der Waals surface area (Å²) in [4.78, 5) is 31.1. The van der Waals surface area contributed by atoms with Crippen LogP contribution in [0.4, 0.5) is 11.6 Å². The van der Waals surface area contributed by atoms with Gasteiger partial charge in [0.2, 0.25) is 5.95 Å². The van der Waals surface area contributed by atoms with Crippen molar-refractivity contribution in [1.29, 1.82) is 0 Å². The van der Waals surface area contributed by atoms with E-state index in [4.69, 9.17) is 4.98 Å². The van der Waals surface area contributed by atoms with E-state index in [9.17, 15) is 4.79 Å². The van der Waals surface area contributed by atoms with Crippen LogP contribution in [-0.2, 0) is 0 Å². The van der Waals surface area contributed by atoms with Gasteiger partial charge in [0.1, 0.15) is 5.82 Å². The molecule has 2 aliphatic rings. The van der Waals surface area contributed by atoms with Crippen LogP contribution in [0.3, 0.4) is 0 Å². The number of rotatable bonds is 6. The fourth-order valence-electron chi connectivity index (χ4n) is 4.81. The number of hydrogen-bond donors (Lipinski definition) is 1. The van der Waals surface area contributed by atoms with Gasteiger partial charge in [0.15, 0.2) is 0 Å². The lowest BCUT2D eigenvalue weighted by Crippen LogP contribution is -2.35. The van der Waals surface area contributed by atoms with Crippen molar-refractivity contribution in [1.82, 2.24) is 29.3 Å². The van der Waals surface area contributed by atoms with Crippen molar-refractivity contribution < 1.29 is 4.79 Å². The van der Waals surface area contributed by atoms with E-state index in [0.717, 1.165) is 67.1 Å². The average molecular weight is 460 g/mol. The van der Waals surface area contributed by atoms with Crippen molar-refractivity contribution in [3.63, 3.8) is 0 Å². The molecule has 1 aromatic carbocycles. The first-order chi connectivity index (χ1) is 16.5. The van der Waals surface area contributed by atoms with E-state index in [2.05, 4.69) is 38.6 Å². The molecular weight excluding hydrogens is 426 g/mol. The summed E-state index contributed by atoms with van der Waals surface area (Å²) in [6, 6.07) is 10.5. The molecule has 1 saturated carbocycles. The molecule has 178 valence electrons. The van der Waals surface area contributed by atoms with E-state index in [1.807, 2.05) is 48.4 Å². The average Bonchev–Trinajstić information content (AvgIpc) is 3.63. The third-order valence-electron chi connectivity index (χ3n) is 6.69. The molecule has 1 amide bonds. The Kier molecular flexibility index (Phi) is 6.32. The smallest absolute Gasteiger partial charge is 0.253 e. The fraction of sp³-hybridized carbons (Fsp3) is 0.462. The second-order valence-corrected chi connectivity index (χ2v) is 9.54. The lowest BCUT2D eigenvalue weighted by Gasteiger charge is -2.22. The number of carbonyl (C=O) groups excluding carboxylic acids is 1. The standard InChI is InChI=1S/C26H33N7O/c1-18(2)33-19(3)28-17-24(33)23-11-12-27-26(30-23)29-21-7-5-20(6-8-21)25(34)32-14-4-13-31(15-16-32)22-9-10-22/h5-8,11-12,17-18,22H,4,9-10,13-16H2,1-3H3,(H,27,29,30). The highest BCUT2D eigenvalue weighted by atomic mass is 16.2. The van der Waals surface area contributed by atoms with Gasteiger partial charge in [-0.25, -0.2) is 15.0 Å². The van der Waals surface area contributed by atoms with E-state index in [0.29, 0.717) is 5.95 Å². The largest absolute Gasteiger partial charge is 0.337 e. The molecule has 0 unspecified atom stereocenters. The Hall–Kier alpha value is -3.26. The number of hydrogen-bond acceptors (Lipinski definition) is 6. The zero-order valence-electron chi connectivity index (χ0n) is 20.2. The summed E-state index contributed by atoms with van der Waals surface area (Å²) < 4.78 is 2.17. The molecule has 3 aromatic rings. The number of nitrogens with one attached hydrogen (secondary N) is 1. The Labute approximate surface area is 201 Å². The van der Waals surface area contributed by atoms with Crippen LogP contribution < -0.4 is 5.32 Å². The van der Waals surface area contributed by atoms with E-state index in [1.165, 1.54) is 12.8 Å². The minimum atomic E-state index is 0.111. The molecule has 2 fully saturated rings. The zero-order valence-corrected chi connectivity index (χ0v) is 20.2. The molecule has 0 bridgehead atoms. The number of imidazole rings is 1. The molecule has 0 atom stereocenters. The van der Waals surface area contributed by atoms with E-state index in [1.54, 1.807) is 6.20 Å². The number of carbonyl (C=O) groups is 1. The third kappa shape index (κ3) is 4.82. The summed E-state index contributed by atoms with van der Waals surface area (Å²) in [6.07, 6.45) is 7.28. The van der Waals surface area contributed by atoms with Crippen LogP contribution in [0.2, 0.25) is 0 Å². The lowest BCUT2D eigenvalue weighted by atomic mass is 10.1. The molecule has 3 heterocycles. The van der Waals surface area contributed by atoms with Gasteiger partial charge in [-0.15, -0.1) is 0 Å². The lowest BCUT2D eigenvalue weighted by molar-refractivity contribution is 0.0761. The van der Waals surface area contributed by atoms with Gasteiger partial charge in [0, 0.05) is 55.7 Å². The Morgan fingerprint density at radius 2 is 1.82 bits per heavy atom. The van der Waals surface area contributed by atoms with E-state index >= 15 is 0 Å². The first-order valence-corrected chi connectivity index (χ1v) is 12.3. The number of aryl methyl sites for hydroxylation is 1. The van der Waals surface area contributed by atoms with Gasteiger partial charge in [0.05, 0.1) is 17.6 Å². The predicted molar refractivity (Wildman–Crippen MR) is 133 cm³/mol. The number of nitrogens with zero attached hydrogens (tertiary/aromatic N) is 6. The van der Waals surface area contributed by atoms with Crippen LogP contribution in [0.5, 0.6) is 0 Å². The van der Waals surface area contributed by atoms with Crippen LogP contribution in [-0.4, -0.2) is 67.4 Å². The molecule has 0 spiro atoms. The van der Waals surface area contributed by atoms with Gasteiger partial charge < -0.3 is 14.8 Å².